The molecule has 1 fully saturated rings. The number of nitrogens with zero attached hydrogens (tertiary/aromatic N) is 4. The number of nitrogens with two attached hydrogens (primary N) is 1. The molecule has 0 aromatic carbocycles. The van der Waals surface area contributed by atoms with Crippen LogP contribution in [0.3, 0.4) is 0 Å². The summed E-state index contributed by atoms with van der Waals surface area (Å²) >= 11 is 0. The molecule has 0 amide bonds. The quantitative estimate of drug-likeness (QED) is 0.860. The zero-order valence-electron chi connectivity index (χ0n) is 10.5. The summed E-state index contributed by atoms with van der Waals surface area (Å²) in [7, 11) is 0. The van der Waals surface area contributed by atoms with Gasteiger partial charge in [-0.2, -0.15) is 4.98 Å². The Kier molecular flexibility index (Phi) is 3.22. The molecular weight excluding hydrogens is 246 g/mol. The number of aromatic nitrogens is 4. The minimum atomic E-state index is -0.279. The Bertz CT molecular complexity index is 536. The molecule has 0 spiro atoms. The maximum absolute atomic E-state index is 5.90. The van der Waals surface area contributed by atoms with E-state index < -0.39 is 0 Å². The van der Waals surface area contributed by atoms with Crippen LogP contribution in [0.1, 0.15) is 18.7 Å². The number of ether oxygens (including phenoxy) is 1. The highest BCUT2D eigenvalue weighted by Gasteiger charge is 2.38. The predicted molar refractivity (Wildman–Crippen MR) is 66.1 cm³/mol. The topological polar surface area (TPSA) is 100.0 Å². The van der Waals surface area contributed by atoms with Gasteiger partial charge in [-0.25, -0.2) is 9.97 Å². The molecule has 2 aromatic rings. The van der Waals surface area contributed by atoms with Gasteiger partial charge < -0.3 is 15.0 Å². The Labute approximate surface area is 110 Å². The first kappa shape index (κ1) is 12.2. The zero-order chi connectivity index (χ0) is 13.1. The molecule has 2 aromatic heterocycles. The van der Waals surface area contributed by atoms with Crippen LogP contribution in [0.2, 0.25) is 0 Å². The maximum Gasteiger partial charge on any atom is 0.240 e. The van der Waals surface area contributed by atoms with Crippen molar-refractivity contribution in [1.29, 1.82) is 0 Å². The van der Waals surface area contributed by atoms with Crippen molar-refractivity contribution in [2.24, 2.45) is 5.73 Å². The summed E-state index contributed by atoms with van der Waals surface area (Å²) in [6.07, 6.45) is 4.87. The van der Waals surface area contributed by atoms with E-state index >= 15 is 0 Å². The van der Waals surface area contributed by atoms with Gasteiger partial charge in [-0.1, -0.05) is 5.16 Å². The van der Waals surface area contributed by atoms with Crippen molar-refractivity contribution in [2.45, 2.75) is 18.3 Å². The minimum absolute atomic E-state index is 0.279. The van der Waals surface area contributed by atoms with E-state index in [0.29, 0.717) is 37.3 Å². The molecule has 19 heavy (non-hydrogen) atoms. The summed E-state index contributed by atoms with van der Waals surface area (Å²) in [5.74, 6) is 1.41. The average Bonchev–Trinajstić information content (AvgIpc) is 2.99. The van der Waals surface area contributed by atoms with Crippen molar-refractivity contribution >= 4 is 0 Å². The van der Waals surface area contributed by atoms with Crippen LogP contribution in [0.5, 0.6) is 0 Å². The van der Waals surface area contributed by atoms with Crippen LogP contribution >= 0.6 is 0 Å². The lowest BCUT2D eigenvalue weighted by molar-refractivity contribution is 0.0409. The van der Waals surface area contributed by atoms with Crippen molar-refractivity contribution in [1.82, 2.24) is 20.1 Å². The Balaban J connectivity index is 1.92. The van der Waals surface area contributed by atoms with E-state index in [1.54, 1.807) is 18.5 Å². The predicted octanol–water partition coefficient (Wildman–Crippen LogP) is 0.533. The summed E-state index contributed by atoms with van der Waals surface area (Å²) < 4.78 is 10.7. The summed E-state index contributed by atoms with van der Waals surface area (Å²) in [5, 5.41) is 3.95. The summed E-state index contributed by atoms with van der Waals surface area (Å²) in [6.45, 7) is 1.79. The second kappa shape index (κ2) is 5.02. The third kappa shape index (κ3) is 2.22. The third-order valence-electron chi connectivity index (χ3n) is 3.49. The van der Waals surface area contributed by atoms with Crippen LogP contribution in [0.4, 0.5) is 0 Å². The molecule has 1 aliphatic heterocycles. The lowest BCUT2D eigenvalue weighted by Crippen LogP contribution is -2.40. The van der Waals surface area contributed by atoms with Crippen LogP contribution < -0.4 is 5.73 Å². The van der Waals surface area contributed by atoms with Gasteiger partial charge in [0, 0.05) is 32.2 Å². The summed E-state index contributed by atoms with van der Waals surface area (Å²) in [4.78, 5) is 12.6. The highest BCUT2D eigenvalue weighted by Crippen LogP contribution is 2.33. The van der Waals surface area contributed by atoms with E-state index in [-0.39, 0.29) is 5.41 Å². The standard InChI is InChI=1S/C12H15N5O2/c13-8-12(2-6-18-7-3-12)11-16-10(17-19-11)9-14-4-1-5-15-9/h1,4-5H,2-3,6-8,13H2. The maximum atomic E-state index is 5.90. The smallest absolute Gasteiger partial charge is 0.240 e. The number of hydrogen-bond donors (Lipinski definition) is 1. The van der Waals surface area contributed by atoms with Gasteiger partial charge in [-0.3, -0.25) is 0 Å². The first-order chi connectivity index (χ1) is 9.34. The Morgan fingerprint density at radius 2 is 1.89 bits per heavy atom. The van der Waals surface area contributed by atoms with Gasteiger partial charge in [0.05, 0.1) is 5.41 Å². The van der Waals surface area contributed by atoms with Crippen molar-refractivity contribution < 1.29 is 9.26 Å². The van der Waals surface area contributed by atoms with E-state index in [1.165, 1.54) is 0 Å². The molecule has 3 rings (SSSR count). The van der Waals surface area contributed by atoms with Crippen LogP contribution in [-0.2, 0) is 10.2 Å². The van der Waals surface area contributed by atoms with Crippen molar-refractivity contribution in [3.8, 4) is 11.6 Å². The fourth-order valence-electron chi connectivity index (χ4n) is 2.21. The second-order valence-corrected chi connectivity index (χ2v) is 4.59. The molecule has 0 saturated carbocycles. The van der Waals surface area contributed by atoms with E-state index in [9.17, 15) is 0 Å². The molecule has 1 aliphatic rings. The lowest BCUT2D eigenvalue weighted by Gasteiger charge is -2.32. The van der Waals surface area contributed by atoms with Gasteiger partial charge in [0.1, 0.15) is 0 Å². The molecule has 1 saturated heterocycles. The molecule has 2 N–H and O–H groups in total. The van der Waals surface area contributed by atoms with Crippen molar-refractivity contribution in [2.75, 3.05) is 19.8 Å². The van der Waals surface area contributed by atoms with Crippen molar-refractivity contribution in [3.63, 3.8) is 0 Å². The molecule has 100 valence electrons. The highest BCUT2D eigenvalue weighted by atomic mass is 16.5. The van der Waals surface area contributed by atoms with Gasteiger partial charge in [-0.05, 0) is 18.9 Å². The molecule has 7 heteroatoms. The summed E-state index contributed by atoms with van der Waals surface area (Å²) in [6, 6.07) is 1.74. The van der Waals surface area contributed by atoms with Gasteiger partial charge in [-0.15, -0.1) is 0 Å². The van der Waals surface area contributed by atoms with Crippen LogP contribution in [0.25, 0.3) is 11.6 Å². The van der Waals surface area contributed by atoms with Crippen molar-refractivity contribution in [3.05, 3.63) is 24.4 Å². The summed E-state index contributed by atoms with van der Waals surface area (Å²) in [5.41, 5.74) is 5.62. The van der Waals surface area contributed by atoms with Gasteiger partial charge in [0.25, 0.3) is 0 Å². The molecule has 0 unspecified atom stereocenters. The molecule has 7 nitrogen and oxygen atoms in total. The van der Waals surface area contributed by atoms with Crippen LogP contribution in [0, 0.1) is 0 Å². The van der Waals surface area contributed by atoms with Crippen LogP contribution in [-0.4, -0.2) is 39.9 Å². The Morgan fingerprint density at radius 3 is 2.58 bits per heavy atom. The molecule has 0 radical (unpaired) electrons. The van der Waals surface area contributed by atoms with Gasteiger partial charge in [0.2, 0.25) is 17.5 Å². The van der Waals surface area contributed by atoms with E-state index in [2.05, 4.69) is 20.1 Å². The Morgan fingerprint density at radius 1 is 1.16 bits per heavy atom. The van der Waals surface area contributed by atoms with Crippen LogP contribution in [0.15, 0.2) is 23.0 Å². The fraction of sp³-hybridized carbons (Fsp3) is 0.500. The molecule has 3 heterocycles. The molecule has 0 aliphatic carbocycles. The second-order valence-electron chi connectivity index (χ2n) is 4.59. The lowest BCUT2D eigenvalue weighted by atomic mass is 9.80. The minimum Gasteiger partial charge on any atom is -0.381 e. The normalized spacial score (nSPS) is 18.4. The van der Waals surface area contributed by atoms with E-state index in [4.69, 9.17) is 15.0 Å². The SMILES string of the molecule is NCC1(c2nc(-c3ncccn3)no2)CCOCC1. The highest BCUT2D eigenvalue weighted by molar-refractivity contribution is 5.40. The zero-order valence-corrected chi connectivity index (χ0v) is 10.5. The average molecular weight is 261 g/mol. The third-order valence-corrected chi connectivity index (χ3v) is 3.49. The first-order valence-corrected chi connectivity index (χ1v) is 6.23. The van der Waals surface area contributed by atoms with Gasteiger partial charge in [0.15, 0.2) is 0 Å². The molecule has 0 bridgehead atoms. The molecule has 0 atom stereocenters. The largest absolute Gasteiger partial charge is 0.381 e. The first-order valence-electron chi connectivity index (χ1n) is 6.23. The van der Waals surface area contributed by atoms with E-state index in [1.807, 2.05) is 0 Å². The number of rotatable bonds is 3. The Hall–Kier alpha value is -1.86. The van der Waals surface area contributed by atoms with E-state index in [0.717, 1.165) is 12.8 Å². The van der Waals surface area contributed by atoms with Gasteiger partial charge >= 0.3 is 0 Å². The molecular formula is C12H15N5O2. The number of hydrogen-bond acceptors (Lipinski definition) is 7. The monoisotopic (exact) mass is 261 g/mol. The fourth-order valence-corrected chi connectivity index (χ4v) is 2.21.